The van der Waals surface area contributed by atoms with Gasteiger partial charge in [-0.25, -0.2) is 9.07 Å². The number of nitrogens with zero attached hydrogens (tertiary/aromatic N) is 2. The fourth-order valence-electron chi connectivity index (χ4n) is 5.48. The average Bonchev–Trinajstić information content (AvgIpc) is 3.32. The first-order valence-electron chi connectivity index (χ1n) is 12.2. The predicted molar refractivity (Wildman–Crippen MR) is 139 cm³/mol. The molecule has 0 aliphatic carbocycles. The van der Waals surface area contributed by atoms with Crippen LogP contribution in [0.15, 0.2) is 109 Å². The summed E-state index contributed by atoms with van der Waals surface area (Å²) < 4.78 is 59.7. The van der Waals surface area contributed by atoms with Gasteiger partial charge in [-0.15, -0.1) is 0 Å². The van der Waals surface area contributed by atoms with Crippen molar-refractivity contribution in [1.29, 1.82) is 0 Å². The third-order valence-electron chi connectivity index (χ3n) is 7.39. The van der Waals surface area contributed by atoms with Crippen molar-refractivity contribution in [2.24, 2.45) is 5.41 Å². The normalized spacial score (nSPS) is 14.8. The van der Waals surface area contributed by atoms with Gasteiger partial charge in [-0.05, 0) is 53.1 Å². The van der Waals surface area contributed by atoms with Crippen molar-refractivity contribution in [1.82, 2.24) is 9.78 Å². The van der Waals surface area contributed by atoms with Gasteiger partial charge >= 0.3 is 6.18 Å². The quantitative estimate of drug-likeness (QED) is 0.233. The van der Waals surface area contributed by atoms with E-state index in [2.05, 4.69) is 5.10 Å². The zero-order chi connectivity index (χ0) is 27.1. The highest BCUT2D eigenvalue weighted by atomic mass is 19.4. The second-order valence-corrected chi connectivity index (χ2v) is 9.99. The van der Waals surface area contributed by atoms with E-state index in [4.69, 9.17) is 0 Å². The second kappa shape index (κ2) is 9.40. The molecule has 0 radical (unpaired) electrons. The van der Waals surface area contributed by atoms with E-state index >= 15 is 0 Å². The summed E-state index contributed by atoms with van der Waals surface area (Å²) in [5.74, 6) is -1.20. The van der Waals surface area contributed by atoms with Crippen LogP contribution in [0, 0.1) is 11.2 Å². The van der Waals surface area contributed by atoms with E-state index < -0.39 is 23.1 Å². The van der Waals surface area contributed by atoms with Crippen LogP contribution in [-0.2, 0) is 5.60 Å². The number of fused-ring (bicyclic) bond motifs is 1. The molecule has 1 aromatic heterocycles. The minimum atomic E-state index is -4.96. The van der Waals surface area contributed by atoms with Crippen molar-refractivity contribution in [2.75, 3.05) is 0 Å². The number of hydrogen-bond acceptors (Lipinski definition) is 2. The Balaban J connectivity index is 1.70. The zero-order valence-corrected chi connectivity index (χ0v) is 20.8. The van der Waals surface area contributed by atoms with Crippen molar-refractivity contribution in [2.45, 2.75) is 31.5 Å². The number of halogens is 4. The van der Waals surface area contributed by atoms with Gasteiger partial charge in [0.25, 0.3) is 0 Å². The molecule has 0 aliphatic rings. The summed E-state index contributed by atoms with van der Waals surface area (Å²) in [5.41, 5.74) is -2.50. The molecule has 7 heteroatoms. The van der Waals surface area contributed by atoms with E-state index in [9.17, 15) is 22.7 Å². The molecule has 5 aromatic rings. The second-order valence-electron chi connectivity index (χ2n) is 9.99. The fourth-order valence-corrected chi connectivity index (χ4v) is 5.48. The standard InChI is InChI=1S/C31H26F4N2O/c1-29(2,30(38,31(33,34)35)24-11-7-4-8-12-24)28(21-9-5-3-6-10-21)22-13-18-27-23(19-22)20-36-37(27)26-16-14-25(32)15-17-26/h3-20,28,38H,1-2H3. The van der Waals surface area contributed by atoms with Gasteiger partial charge in [0.2, 0.25) is 0 Å². The smallest absolute Gasteiger partial charge is 0.376 e. The Morgan fingerprint density at radius 2 is 1.37 bits per heavy atom. The van der Waals surface area contributed by atoms with Gasteiger partial charge in [0.1, 0.15) is 5.82 Å². The number of hydrogen-bond donors (Lipinski definition) is 1. The Kier molecular flexibility index (Phi) is 6.35. The Morgan fingerprint density at radius 1 is 0.763 bits per heavy atom. The van der Waals surface area contributed by atoms with E-state index in [1.54, 1.807) is 71.5 Å². The number of aromatic nitrogens is 2. The van der Waals surface area contributed by atoms with Crippen molar-refractivity contribution in [3.63, 3.8) is 0 Å². The molecule has 194 valence electrons. The van der Waals surface area contributed by atoms with Gasteiger partial charge in [-0.3, -0.25) is 0 Å². The molecular formula is C31H26F4N2O. The first-order chi connectivity index (χ1) is 18.0. The maximum Gasteiger partial charge on any atom is 0.422 e. The SMILES string of the molecule is CC(C)(C(c1ccccc1)c1ccc2c(cnn2-c2ccc(F)cc2)c1)C(O)(c1ccccc1)C(F)(F)F. The monoisotopic (exact) mass is 518 g/mol. The van der Waals surface area contributed by atoms with Gasteiger partial charge in [-0.2, -0.15) is 18.3 Å². The zero-order valence-electron chi connectivity index (χ0n) is 20.8. The third-order valence-corrected chi connectivity index (χ3v) is 7.39. The van der Waals surface area contributed by atoms with E-state index in [1.165, 1.54) is 50.2 Å². The summed E-state index contributed by atoms with van der Waals surface area (Å²) in [4.78, 5) is 0. The molecule has 2 unspecified atom stereocenters. The van der Waals surface area contributed by atoms with Crippen LogP contribution in [0.3, 0.4) is 0 Å². The Labute approximate surface area is 218 Å². The number of alkyl halides is 3. The predicted octanol–water partition coefficient (Wildman–Crippen LogP) is 7.77. The van der Waals surface area contributed by atoms with Gasteiger partial charge in [0.15, 0.2) is 5.60 Å². The number of benzene rings is 4. The summed E-state index contributed by atoms with van der Waals surface area (Å²) in [6, 6.07) is 27.4. The van der Waals surface area contributed by atoms with E-state index in [0.717, 1.165) is 5.52 Å². The topological polar surface area (TPSA) is 38.0 Å². The van der Waals surface area contributed by atoms with Crippen LogP contribution in [0.2, 0.25) is 0 Å². The highest BCUT2D eigenvalue weighted by molar-refractivity contribution is 5.81. The Bertz CT molecular complexity index is 1540. The van der Waals surface area contributed by atoms with Crippen LogP contribution in [0.5, 0.6) is 0 Å². The van der Waals surface area contributed by atoms with Gasteiger partial charge in [0, 0.05) is 16.7 Å². The van der Waals surface area contributed by atoms with Gasteiger partial charge in [0.05, 0.1) is 17.4 Å². The first-order valence-corrected chi connectivity index (χ1v) is 12.2. The maximum atomic E-state index is 14.9. The molecule has 0 bridgehead atoms. The lowest BCUT2D eigenvalue weighted by molar-refractivity contribution is -0.307. The summed E-state index contributed by atoms with van der Waals surface area (Å²) in [7, 11) is 0. The van der Waals surface area contributed by atoms with E-state index in [0.29, 0.717) is 22.2 Å². The van der Waals surface area contributed by atoms with Crippen LogP contribution < -0.4 is 0 Å². The van der Waals surface area contributed by atoms with Crippen molar-refractivity contribution >= 4 is 10.9 Å². The highest BCUT2D eigenvalue weighted by Gasteiger charge is 2.65. The minimum absolute atomic E-state index is 0.219. The number of rotatable bonds is 6. The molecule has 0 saturated carbocycles. The van der Waals surface area contributed by atoms with Gasteiger partial charge < -0.3 is 5.11 Å². The van der Waals surface area contributed by atoms with Crippen LogP contribution >= 0.6 is 0 Å². The lowest BCUT2D eigenvalue weighted by Crippen LogP contribution is -2.55. The molecule has 0 amide bonds. The molecule has 0 saturated heterocycles. The summed E-state index contributed by atoms with van der Waals surface area (Å²) in [6.45, 7) is 2.91. The molecule has 38 heavy (non-hydrogen) atoms. The lowest BCUT2D eigenvalue weighted by atomic mass is 9.59. The molecule has 0 fully saturated rings. The number of aliphatic hydroxyl groups is 1. The lowest BCUT2D eigenvalue weighted by Gasteiger charge is -2.48. The van der Waals surface area contributed by atoms with Crippen LogP contribution in [0.25, 0.3) is 16.6 Å². The molecule has 4 aromatic carbocycles. The average molecular weight is 519 g/mol. The van der Waals surface area contributed by atoms with Crippen molar-refractivity contribution < 1.29 is 22.7 Å². The van der Waals surface area contributed by atoms with E-state index in [1.807, 2.05) is 6.07 Å². The molecule has 0 aliphatic heterocycles. The molecular weight excluding hydrogens is 492 g/mol. The Morgan fingerprint density at radius 3 is 1.97 bits per heavy atom. The fraction of sp³-hybridized carbons (Fsp3) is 0.194. The molecule has 1 heterocycles. The molecule has 5 rings (SSSR count). The summed E-state index contributed by atoms with van der Waals surface area (Å²) in [6.07, 6.45) is -3.33. The van der Waals surface area contributed by atoms with Crippen LogP contribution in [0.1, 0.15) is 36.5 Å². The van der Waals surface area contributed by atoms with Crippen LogP contribution in [-0.4, -0.2) is 21.1 Å². The first kappa shape index (κ1) is 25.7. The maximum absolute atomic E-state index is 14.9. The molecule has 2 atom stereocenters. The summed E-state index contributed by atoms with van der Waals surface area (Å²) in [5, 5.41) is 16.8. The Hall–Kier alpha value is -3.97. The van der Waals surface area contributed by atoms with Crippen molar-refractivity contribution in [3.05, 3.63) is 132 Å². The molecule has 3 nitrogen and oxygen atoms in total. The van der Waals surface area contributed by atoms with Crippen molar-refractivity contribution in [3.8, 4) is 5.69 Å². The summed E-state index contributed by atoms with van der Waals surface area (Å²) >= 11 is 0. The highest BCUT2D eigenvalue weighted by Crippen LogP contribution is 2.58. The largest absolute Gasteiger partial charge is 0.422 e. The van der Waals surface area contributed by atoms with Crippen LogP contribution in [0.4, 0.5) is 17.6 Å². The minimum Gasteiger partial charge on any atom is -0.376 e. The van der Waals surface area contributed by atoms with E-state index in [-0.39, 0.29) is 11.4 Å². The molecule has 0 spiro atoms. The third kappa shape index (κ3) is 4.17. The van der Waals surface area contributed by atoms with Gasteiger partial charge in [-0.1, -0.05) is 80.6 Å². The molecule has 1 N–H and O–H groups in total.